The number of aromatic nitrogens is 2. The normalized spacial score (nSPS) is 11.2. The van der Waals surface area contributed by atoms with Crippen LogP contribution in [0.25, 0.3) is 21.8 Å². The van der Waals surface area contributed by atoms with Crippen molar-refractivity contribution in [1.82, 2.24) is 9.97 Å². The molecule has 9 aromatic carbocycles. The van der Waals surface area contributed by atoms with Gasteiger partial charge in [0, 0.05) is 44.2 Å². The van der Waals surface area contributed by atoms with E-state index in [0.717, 1.165) is 0 Å². The number of ether oxygens (including phenoxy) is 10. The molecule has 0 aliphatic carbocycles. The minimum absolute atomic E-state index is 0.0122. The molecule has 702 valence electrons. The Morgan fingerprint density at radius 2 is 0.373 bits per heavy atom. The summed E-state index contributed by atoms with van der Waals surface area (Å²) >= 11 is 0. The number of esters is 2. The average molecular weight is 1830 g/mol. The third-order valence-corrected chi connectivity index (χ3v) is 19.8. The number of pyridine rings is 2. The number of rotatable bonds is 42. The molecule has 0 spiro atoms. The zero-order valence-electron chi connectivity index (χ0n) is 78.7. The average Bonchev–Trinajstić information content (AvgIpc) is 0.768. The van der Waals surface area contributed by atoms with Crippen molar-refractivity contribution in [2.75, 3.05) is 110 Å². The van der Waals surface area contributed by atoms with E-state index in [1.165, 1.54) is 111 Å². The molecule has 0 aliphatic rings. The van der Waals surface area contributed by atoms with E-state index in [9.17, 15) is 47.9 Å². The number of carbonyl (C=O) groups is 10. The highest BCUT2D eigenvalue weighted by Gasteiger charge is 2.27. The molecule has 8 amide bonds. The molecule has 0 saturated heterocycles. The fraction of sp³-hybridized carbons (Fsp3) is 0.327. The van der Waals surface area contributed by atoms with Crippen molar-refractivity contribution in [2.45, 2.75) is 111 Å². The minimum atomic E-state index is -0.631. The molecule has 11 rings (SSSR count). The zero-order valence-corrected chi connectivity index (χ0v) is 78.7. The second-order valence-corrected chi connectivity index (χ2v) is 35.5. The number of hydrogen-bond donors (Lipinski definition) is 8. The van der Waals surface area contributed by atoms with E-state index in [1.807, 2.05) is 123 Å². The molecule has 0 saturated carbocycles. The van der Waals surface area contributed by atoms with Gasteiger partial charge in [-0.15, -0.1) is 0 Å². The van der Waals surface area contributed by atoms with Gasteiger partial charge in [-0.3, -0.25) is 38.4 Å². The van der Waals surface area contributed by atoms with Gasteiger partial charge >= 0.3 is 11.9 Å². The van der Waals surface area contributed by atoms with Crippen LogP contribution in [0.2, 0.25) is 0 Å². The molecule has 30 nitrogen and oxygen atoms in total. The van der Waals surface area contributed by atoms with Crippen molar-refractivity contribution in [2.24, 2.45) is 47.3 Å². The van der Waals surface area contributed by atoms with Crippen molar-refractivity contribution in [1.29, 1.82) is 0 Å². The van der Waals surface area contributed by atoms with Crippen LogP contribution in [-0.2, 0) is 9.47 Å². The van der Waals surface area contributed by atoms with Crippen LogP contribution in [0.5, 0.6) is 46.0 Å². The van der Waals surface area contributed by atoms with Gasteiger partial charge in [-0.05, 0) is 205 Å². The van der Waals surface area contributed by atoms with Crippen LogP contribution in [0.1, 0.15) is 215 Å². The van der Waals surface area contributed by atoms with Gasteiger partial charge in [-0.25, -0.2) is 19.6 Å². The van der Waals surface area contributed by atoms with Crippen LogP contribution in [0.15, 0.2) is 182 Å². The smallest absolute Gasteiger partial charge is 0.337 e. The summed E-state index contributed by atoms with van der Waals surface area (Å²) in [5.41, 5.74) is 4.26. The third-order valence-electron chi connectivity index (χ3n) is 19.8. The molecular weight excluding hydrogens is 1710 g/mol. The highest BCUT2D eigenvalue weighted by Crippen LogP contribution is 2.39. The molecule has 0 fully saturated rings. The van der Waals surface area contributed by atoms with Crippen LogP contribution in [0.4, 0.5) is 45.5 Å². The molecule has 11 aromatic rings. The number of benzene rings is 9. The van der Waals surface area contributed by atoms with Gasteiger partial charge in [0.15, 0.2) is 0 Å². The van der Waals surface area contributed by atoms with Crippen LogP contribution in [0, 0.1) is 47.3 Å². The van der Waals surface area contributed by atoms with E-state index >= 15 is 0 Å². The topological polar surface area (TPSA) is 385 Å². The van der Waals surface area contributed by atoms with Gasteiger partial charge in [-0.1, -0.05) is 135 Å². The number of methoxy groups -OCH3 is 2. The highest BCUT2D eigenvalue weighted by atomic mass is 16.5. The first-order valence-corrected chi connectivity index (χ1v) is 44.5. The summed E-state index contributed by atoms with van der Waals surface area (Å²) < 4.78 is 59.3. The summed E-state index contributed by atoms with van der Waals surface area (Å²) in [6.45, 7) is 33.3. The number of carbonyl (C=O) groups excluding carboxylic acids is 10. The quantitative estimate of drug-likeness (QED) is 0.0130. The van der Waals surface area contributed by atoms with Gasteiger partial charge in [-0.2, -0.15) is 0 Å². The standard InChI is InChI=1S/C104H116N10O20/c1-57(2)49-127-85-41-67(95(115)107-75-33-25-69(43-87(75)129-51-59(5)6)99(119)111-79-37-29-73(103(123)125-17)47-91(79)133-55-63(13)14)23-31-77(85)109-97(117)71-27-35-81(89(45-71)131-53-61(9)10)113-101(121)83-39-21-65-19-20-66-22-40-84(106-94(66)93(65)105-83)102(122)114-82-36-28-72(46-90(82)132-54-62(11)12)98(118)110-78-32-24-68(42-86(78)128-50-58(3)4)96(116)108-76-34-26-70(44-88(76)130-52-60(7)8)100(120)112-80-38-30-74(104(124)126-18)48-92(80)134-56-64(15)16/h19-48,57-64H,49-56H2,1-18H3,(H,107,115)(H,108,116)(H,109,117)(H,110,118)(H,111,119)(H,112,120)(H,113,121)(H,114,122). The van der Waals surface area contributed by atoms with Gasteiger partial charge in [0.25, 0.3) is 47.3 Å². The summed E-state index contributed by atoms with van der Waals surface area (Å²) in [5.74, 6) is -3.39. The maximum atomic E-state index is 14.5. The number of amides is 8. The van der Waals surface area contributed by atoms with Crippen molar-refractivity contribution < 1.29 is 95.3 Å². The predicted octanol–water partition coefficient (Wildman–Crippen LogP) is 20.7. The summed E-state index contributed by atoms with van der Waals surface area (Å²) in [7, 11) is 2.55. The lowest BCUT2D eigenvalue weighted by Gasteiger charge is -2.18. The van der Waals surface area contributed by atoms with Crippen LogP contribution in [0.3, 0.4) is 0 Å². The lowest BCUT2D eigenvalue weighted by Crippen LogP contribution is -2.18. The second kappa shape index (κ2) is 46.1. The van der Waals surface area contributed by atoms with Gasteiger partial charge < -0.3 is 89.9 Å². The Morgan fingerprint density at radius 3 is 0.545 bits per heavy atom. The van der Waals surface area contributed by atoms with E-state index in [4.69, 9.17) is 57.3 Å². The van der Waals surface area contributed by atoms with Gasteiger partial charge in [0.05, 0.1) is 135 Å². The van der Waals surface area contributed by atoms with E-state index in [0.29, 0.717) is 46.4 Å². The number of nitrogens with one attached hydrogen (secondary N) is 8. The maximum Gasteiger partial charge on any atom is 0.337 e. The van der Waals surface area contributed by atoms with Crippen molar-refractivity contribution in [3.63, 3.8) is 0 Å². The molecular formula is C104H116N10O20. The first-order chi connectivity index (χ1) is 64.0. The summed E-state index contributed by atoms with van der Waals surface area (Å²) in [5, 5.41) is 24.6. The maximum absolute atomic E-state index is 14.5. The van der Waals surface area contributed by atoms with E-state index in [-0.39, 0.29) is 223 Å². The largest absolute Gasteiger partial charge is 0.491 e. The minimum Gasteiger partial charge on any atom is -0.491 e. The highest BCUT2D eigenvalue weighted by molar-refractivity contribution is 6.14. The molecule has 0 unspecified atom stereocenters. The molecule has 0 atom stereocenters. The summed E-state index contributed by atoms with van der Waals surface area (Å²) in [4.78, 5) is 149. The van der Waals surface area contributed by atoms with Crippen molar-refractivity contribution >= 4 is 127 Å². The lowest BCUT2D eigenvalue weighted by molar-refractivity contribution is 0.0591. The SMILES string of the molecule is COC(=O)c1ccc(NC(=O)c2ccc(NC(=O)c3ccc(NC(=O)c4ccc(NC(=O)c5ccc6ccc7ccc(C(=O)Nc8ccc(C(=O)Nc9ccc(C(=O)Nc%10ccc(C(=O)Nc%11ccc(C(=O)OC)cc%11OCC(C)C)cc%10OCC(C)C)cc9OCC(C)C)cc8OCC(C)C)nc7c6n5)c(OCC(C)C)c4)c(OCC(C)C)c3)c(OCC(C)C)c2)c(OCC(C)C)c1. The Labute approximate surface area is 779 Å². The summed E-state index contributed by atoms with van der Waals surface area (Å²) in [6.07, 6.45) is 0. The lowest BCUT2D eigenvalue weighted by atomic mass is 10.1. The molecule has 134 heavy (non-hydrogen) atoms. The molecule has 0 aliphatic heterocycles. The molecule has 2 aromatic heterocycles. The summed E-state index contributed by atoms with van der Waals surface area (Å²) in [6, 6.07) is 46.9. The third kappa shape index (κ3) is 27.3. The van der Waals surface area contributed by atoms with E-state index in [2.05, 4.69) is 42.5 Å². The van der Waals surface area contributed by atoms with Crippen molar-refractivity contribution in [3.8, 4) is 46.0 Å². The molecule has 0 bridgehead atoms. The Bertz CT molecular complexity index is 5810. The first-order valence-electron chi connectivity index (χ1n) is 44.5. The van der Waals surface area contributed by atoms with Gasteiger partial charge in [0.2, 0.25) is 0 Å². The molecule has 8 N–H and O–H groups in total. The molecule has 0 radical (unpaired) electrons. The van der Waals surface area contributed by atoms with Crippen molar-refractivity contribution in [3.05, 3.63) is 238 Å². The molecule has 30 heteroatoms. The Morgan fingerprint density at radius 1 is 0.216 bits per heavy atom. The first kappa shape index (κ1) is 99.5. The number of anilines is 8. The van der Waals surface area contributed by atoms with E-state index in [1.54, 1.807) is 72.8 Å². The van der Waals surface area contributed by atoms with Crippen LogP contribution >= 0.6 is 0 Å². The molecule has 2 heterocycles. The second-order valence-electron chi connectivity index (χ2n) is 35.5. The number of fused-ring (bicyclic) bond motifs is 3. The Kier molecular flexibility index (Phi) is 34.2. The van der Waals surface area contributed by atoms with Gasteiger partial charge in [0.1, 0.15) is 57.4 Å². The Hall–Kier alpha value is -15.1. The zero-order chi connectivity index (χ0) is 96.7. The predicted molar refractivity (Wildman–Crippen MR) is 518 cm³/mol. The Balaban J connectivity index is 0.773. The fourth-order valence-corrected chi connectivity index (χ4v) is 12.9. The van der Waals surface area contributed by atoms with E-state index < -0.39 is 59.2 Å². The number of nitrogens with zero attached hydrogens (tertiary/aromatic N) is 2. The van der Waals surface area contributed by atoms with Crippen LogP contribution in [-0.4, -0.2) is 136 Å². The van der Waals surface area contributed by atoms with Crippen LogP contribution < -0.4 is 80.4 Å². The number of hydrogen-bond acceptors (Lipinski definition) is 22. The monoisotopic (exact) mass is 1820 g/mol. The fourth-order valence-electron chi connectivity index (χ4n) is 12.9.